The molecule has 34 heavy (non-hydrogen) atoms. The number of nitrogens with one attached hydrogen (secondary N) is 1. The van der Waals surface area contributed by atoms with E-state index in [0.29, 0.717) is 12.8 Å². The van der Waals surface area contributed by atoms with Crippen LogP contribution in [0, 0.1) is 0 Å². The van der Waals surface area contributed by atoms with Crippen molar-refractivity contribution < 1.29 is 5.11 Å². The number of benzene rings is 2. The van der Waals surface area contributed by atoms with E-state index in [1.807, 2.05) is 48.9 Å². The van der Waals surface area contributed by atoms with Crippen LogP contribution in [0.15, 0.2) is 78.2 Å². The molecule has 1 fully saturated rings. The van der Waals surface area contributed by atoms with Gasteiger partial charge in [-0.15, -0.1) is 0 Å². The van der Waals surface area contributed by atoms with Gasteiger partial charge >= 0.3 is 0 Å². The Balaban J connectivity index is 1.37. The highest BCUT2D eigenvalue weighted by Crippen LogP contribution is 2.35. The zero-order chi connectivity index (χ0) is 23.1. The van der Waals surface area contributed by atoms with Gasteiger partial charge in [-0.3, -0.25) is 10.1 Å². The smallest absolute Gasteiger partial charge is 0.162 e. The van der Waals surface area contributed by atoms with Gasteiger partial charge in [-0.1, -0.05) is 36.4 Å². The number of aliphatic hydroxyl groups is 1. The first kappa shape index (κ1) is 21.2. The average molecular weight is 469 g/mol. The molecular formula is C26H24N6OS. The summed E-state index contributed by atoms with van der Waals surface area (Å²) in [4.78, 5) is 10.4. The van der Waals surface area contributed by atoms with Crippen LogP contribution in [0.25, 0.3) is 38.7 Å². The van der Waals surface area contributed by atoms with Crippen LogP contribution in [0.4, 0.5) is 0 Å². The summed E-state index contributed by atoms with van der Waals surface area (Å²) >= 11 is 1.26. The normalized spacial score (nSPS) is 15.7. The maximum atomic E-state index is 10.9. The molecule has 1 aliphatic heterocycles. The Labute approximate surface area is 201 Å². The van der Waals surface area contributed by atoms with Crippen LogP contribution < -0.4 is 10.5 Å². The molecule has 170 valence electrons. The second-order valence-electron chi connectivity index (χ2n) is 8.66. The highest BCUT2D eigenvalue weighted by molar-refractivity contribution is 7.97. The molecule has 4 heterocycles. The third kappa shape index (κ3) is 3.56. The van der Waals surface area contributed by atoms with Gasteiger partial charge < -0.3 is 10.4 Å². The molecule has 4 N–H and O–H groups in total. The molecule has 1 saturated heterocycles. The third-order valence-electron chi connectivity index (χ3n) is 6.66. The Hall–Kier alpha value is -3.30. The van der Waals surface area contributed by atoms with E-state index in [1.54, 1.807) is 10.7 Å². The van der Waals surface area contributed by atoms with E-state index in [4.69, 9.17) is 10.1 Å². The summed E-state index contributed by atoms with van der Waals surface area (Å²) in [6.07, 6.45) is 8.82. The topological polar surface area (TPSA) is 101 Å². The van der Waals surface area contributed by atoms with E-state index in [-0.39, 0.29) is 0 Å². The van der Waals surface area contributed by atoms with Crippen molar-refractivity contribution in [2.24, 2.45) is 5.14 Å². The van der Waals surface area contributed by atoms with Gasteiger partial charge in [-0.2, -0.15) is 5.10 Å². The highest BCUT2D eigenvalue weighted by atomic mass is 32.2. The van der Waals surface area contributed by atoms with Crippen LogP contribution in [0.5, 0.6) is 0 Å². The van der Waals surface area contributed by atoms with Crippen LogP contribution in [-0.2, 0) is 5.60 Å². The van der Waals surface area contributed by atoms with Crippen molar-refractivity contribution in [3.63, 3.8) is 0 Å². The lowest BCUT2D eigenvalue weighted by atomic mass is 9.88. The number of hydrogen-bond donors (Lipinski definition) is 3. The van der Waals surface area contributed by atoms with Crippen LogP contribution in [0.2, 0.25) is 0 Å². The minimum Gasteiger partial charge on any atom is -0.383 e. The Morgan fingerprint density at radius 3 is 2.44 bits per heavy atom. The van der Waals surface area contributed by atoms with Crippen molar-refractivity contribution in [3.8, 4) is 22.3 Å². The first-order chi connectivity index (χ1) is 16.7. The van der Waals surface area contributed by atoms with Crippen LogP contribution in [-0.4, -0.2) is 37.8 Å². The minimum atomic E-state index is -0.858. The lowest BCUT2D eigenvalue weighted by molar-refractivity contribution is 0.00190. The van der Waals surface area contributed by atoms with E-state index in [9.17, 15) is 5.11 Å². The Kier molecular flexibility index (Phi) is 5.30. The molecule has 5 aromatic rings. The van der Waals surface area contributed by atoms with Gasteiger partial charge in [-0.25, -0.2) is 9.50 Å². The molecule has 0 aliphatic carbocycles. The highest BCUT2D eigenvalue weighted by Gasteiger charge is 2.32. The quantitative estimate of drug-likeness (QED) is 0.341. The first-order valence-electron chi connectivity index (χ1n) is 11.3. The van der Waals surface area contributed by atoms with Crippen LogP contribution in [0.3, 0.4) is 0 Å². The molecule has 2 aromatic carbocycles. The SMILES string of the molecule is NSc1ccc(-c2cnn3cc(-c4ccc(C5(O)CCNCC5)nc4)cnc23)c2ccccc12. The van der Waals surface area contributed by atoms with E-state index in [2.05, 4.69) is 33.6 Å². The summed E-state index contributed by atoms with van der Waals surface area (Å²) in [7, 11) is 0. The number of rotatable bonds is 4. The van der Waals surface area contributed by atoms with E-state index >= 15 is 0 Å². The van der Waals surface area contributed by atoms with Crippen LogP contribution >= 0.6 is 11.9 Å². The van der Waals surface area contributed by atoms with Gasteiger partial charge in [0.1, 0.15) is 5.60 Å². The standard InChI is InChI=1S/C26H24N6OS/c27-34-23-7-6-20(19-3-1-2-4-21(19)23)22-15-31-32-16-18(14-30-25(22)32)17-5-8-24(29-13-17)26(33)9-11-28-12-10-26/h1-8,13-16,28,33H,9-12,27H2. The second-order valence-corrected chi connectivity index (χ2v) is 9.33. The molecule has 0 saturated carbocycles. The minimum absolute atomic E-state index is 0.669. The summed E-state index contributed by atoms with van der Waals surface area (Å²) in [6.45, 7) is 1.59. The molecule has 8 heteroatoms. The van der Waals surface area contributed by atoms with E-state index in [1.165, 1.54) is 11.9 Å². The van der Waals surface area contributed by atoms with Crippen molar-refractivity contribution in [3.05, 3.63) is 79.0 Å². The zero-order valence-electron chi connectivity index (χ0n) is 18.5. The summed E-state index contributed by atoms with van der Waals surface area (Å²) in [5, 5.41) is 26.9. The number of pyridine rings is 1. The van der Waals surface area contributed by atoms with Gasteiger partial charge in [0.05, 0.1) is 11.9 Å². The predicted octanol–water partition coefficient (Wildman–Crippen LogP) is 4.15. The van der Waals surface area contributed by atoms with Crippen LogP contribution in [0.1, 0.15) is 18.5 Å². The lowest BCUT2D eigenvalue weighted by Crippen LogP contribution is -2.40. The Bertz CT molecular complexity index is 1490. The molecule has 0 unspecified atom stereocenters. The Morgan fingerprint density at radius 1 is 0.882 bits per heavy atom. The largest absolute Gasteiger partial charge is 0.383 e. The molecular weight excluding hydrogens is 444 g/mol. The number of hydrogen-bond acceptors (Lipinski definition) is 7. The van der Waals surface area contributed by atoms with Gasteiger partial charge in [-0.05, 0) is 66.3 Å². The molecule has 0 spiro atoms. The fraction of sp³-hybridized carbons (Fsp3) is 0.192. The fourth-order valence-electron chi connectivity index (χ4n) is 4.76. The number of nitrogens with two attached hydrogens (primary N) is 1. The maximum Gasteiger partial charge on any atom is 0.162 e. The Morgan fingerprint density at radius 2 is 1.68 bits per heavy atom. The number of fused-ring (bicyclic) bond motifs is 2. The fourth-order valence-corrected chi connectivity index (χ4v) is 5.21. The lowest BCUT2D eigenvalue weighted by Gasteiger charge is -2.32. The van der Waals surface area contributed by atoms with Gasteiger partial charge in [0.15, 0.2) is 5.65 Å². The van der Waals surface area contributed by atoms with Crippen molar-refractivity contribution in [1.29, 1.82) is 0 Å². The molecule has 0 atom stereocenters. The number of nitrogens with zero attached hydrogens (tertiary/aromatic N) is 4. The van der Waals surface area contributed by atoms with Gasteiger partial charge in [0.25, 0.3) is 0 Å². The number of aromatic nitrogens is 4. The summed E-state index contributed by atoms with van der Waals surface area (Å²) < 4.78 is 1.80. The summed E-state index contributed by atoms with van der Waals surface area (Å²) in [5.41, 5.74) is 4.54. The predicted molar refractivity (Wildman–Crippen MR) is 135 cm³/mol. The summed E-state index contributed by atoms with van der Waals surface area (Å²) in [6, 6.07) is 16.3. The maximum absolute atomic E-state index is 10.9. The van der Waals surface area contributed by atoms with Gasteiger partial charge in [0, 0.05) is 40.2 Å². The molecule has 0 amide bonds. The van der Waals surface area contributed by atoms with Crippen molar-refractivity contribution in [2.45, 2.75) is 23.3 Å². The first-order valence-corrected chi connectivity index (χ1v) is 12.2. The molecule has 1 aliphatic rings. The third-order valence-corrected chi connectivity index (χ3v) is 7.27. The molecule has 0 radical (unpaired) electrons. The molecule has 7 nitrogen and oxygen atoms in total. The van der Waals surface area contributed by atoms with E-state index < -0.39 is 5.60 Å². The zero-order valence-corrected chi connectivity index (χ0v) is 19.3. The molecule has 0 bridgehead atoms. The van der Waals surface area contributed by atoms with Crippen molar-refractivity contribution in [1.82, 2.24) is 24.9 Å². The average Bonchev–Trinajstić information content (AvgIpc) is 3.31. The van der Waals surface area contributed by atoms with Crippen molar-refractivity contribution in [2.75, 3.05) is 13.1 Å². The number of piperidine rings is 1. The van der Waals surface area contributed by atoms with Gasteiger partial charge in [0.2, 0.25) is 0 Å². The molecule has 3 aromatic heterocycles. The van der Waals surface area contributed by atoms with E-state index in [0.717, 1.165) is 62.4 Å². The monoisotopic (exact) mass is 468 g/mol. The molecule has 6 rings (SSSR count). The second kappa shape index (κ2) is 8.48. The summed E-state index contributed by atoms with van der Waals surface area (Å²) in [5.74, 6) is 0. The van der Waals surface area contributed by atoms with Crippen molar-refractivity contribution >= 4 is 28.4 Å².